The molecule has 0 aromatic heterocycles. The summed E-state index contributed by atoms with van der Waals surface area (Å²) >= 11 is 0.664. The van der Waals surface area contributed by atoms with Crippen molar-refractivity contribution in [1.82, 2.24) is 0 Å². The normalized spacial score (nSPS) is 12.8. The molecule has 0 atom stereocenters. The Kier molecular flexibility index (Phi) is 3.45. The molecule has 0 aliphatic carbocycles. The molecule has 0 aromatic rings. The molecule has 0 aliphatic rings. The van der Waals surface area contributed by atoms with Crippen LogP contribution in [0, 0.1) is 5.92 Å². The van der Waals surface area contributed by atoms with Crippen LogP contribution < -0.4 is 0 Å². The second kappa shape index (κ2) is 3.12. The van der Waals surface area contributed by atoms with Crippen molar-refractivity contribution in [2.24, 2.45) is 5.92 Å². The Hall–Kier alpha value is 0.843. The SMILES string of the molecule is CC(C)C(C)(C)[O][BiH2]. The van der Waals surface area contributed by atoms with Crippen LogP contribution in [0.25, 0.3) is 0 Å². The predicted octanol–water partition coefficient (Wildman–Crippen LogP) is 0.986. The van der Waals surface area contributed by atoms with Crippen molar-refractivity contribution in [3.05, 3.63) is 0 Å². The molecule has 0 saturated heterocycles. The molecule has 2 heteroatoms. The summed E-state index contributed by atoms with van der Waals surface area (Å²) in [4.78, 5) is 0. The zero-order valence-electron chi connectivity index (χ0n) is 6.06. The van der Waals surface area contributed by atoms with Gasteiger partial charge >= 0.3 is 67.2 Å². The van der Waals surface area contributed by atoms with Crippen LogP contribution in [-0.4, -0.2) is 30.8 Å². The standard InChI is InChI=1S/C6H13O.Bi.2H/c1-5(2)6(3,4)7;;;/h5H,1-4H3;;;/q-1;+1;;. The number of hydrogen-bond acceptors (Lipinski definition) is 1. The van der Waals surface area contributed by atoms with E-state index in [1.807, 2.05) is 0 Å². The molecule has 0 radical (unpaired) electrons. The van der Waals surface area contributed by atoms with Gasteiger partial charge in [0.1, 0.15) is 0 Å². The monoisotopic (exact) mass is 312 g/mol. The molecular weight excluding hydrogens is 297 g/mol. The molecule has 0 rings (SSSR count). The second-order valence-corrected chi connectivity index (χ2v) is 3.79. The topological polar surface area (TPSA) is 9.23 Å². The first-order valence-electron chi connectivity index (χ1n) is 2.88. The molecule has 0 amide bonds. The van der Waals surface area contributed by atoms with Crippen molar-refractivity contribution < 1.29 is 2.81 Å². The zero-order chi connectivity index (χ0) is 6.78. The van der Waals surface area contributed by atoms with Crippen LogP contribution >= 0.6 is 0 Å². The Balaban J connectivity index is 3.71. The van der Waals surface area contributed by atoms with E-state index < -0.39 is 0 Å². The quantitative estimate of drug-likeness (QED) is 0.691. The van der Waals surface area contributed by atoms with Crippen LogP contribution in [0.4, 0.5) is 0 Å². The molecule has 0 saturated carbocycles. The Morgan fingerprint density at radius 2 is 1.75 bits per heavy atom. The molecule has 0 bridgehead atoms. The Morgan fingerprint density at radius 3 is 1.75 bits per heavy atom. The summed E-state index contributed by atoms with van der Waals surface area (Å²) in [5.74, 6) is 0.632. The molecule has 0 aromatic carbocycles. The van der Waals surface area contributed by atoms with E-state index in [9.17, 15) is 0 Å². The molecule has 1 nitrogen and oxygen atoms in total. The minimum absolute atomic E-state index is 0.116. The van der Waals surface area contributed by atoms with Crippen molar-refractivity contribution in [3.8, 4) is 0 Å². The average Bonchev–Trinajstić information content (AvgIpc) is 1.67. The molecule has 0 heterocycles. The van der Waals surface area contributed by atoms with Crippen molar-refractivity contribution in [1.29, 1.82) is 0 Å². The number of rotatable bonds is 2. The minimum atomic E-state index is 0.116. The fraction of sp³-hybridized carbons (Fsp3) is 1.00. The fourth-order valence-corrected chi connectivity index (χ4v) is 1.19. The van der Waals surface area contributed by atoms with Crippen LogP contribution in [0.5, 0.6) is 0 Å². The van der Waals surface area contributed by atoms with Crippen LogP contribution in [0.1, 0.15) is 27.7 Å². The van der Waals surface area contributed by atoms with Crippen molar-refractivity contribution in [2.75, 3.05) is 0 Å². The second-order valence-electron chi connectivity index (χ2n) is 2.88. The summed E-state index contributed by atoms with van der Waals surface area (Å²) in [6.07, 6.45) is 0. The van der Waals surface area contributed by atoms with Crippen molar-refractivity contribution in [2.45, 2.75) is 33.3 Å². The van der Waals surface area contributed by atoms with E-state index in [0.29, 0.717) is 31.1 Å². The van der Waals surface area contributed by atoms with Gasteiger partial charge in [-0.1, -0.05) is 0 Å². The van der Waals surface area contributed by atoms with Gasteiger partial charge in [0, 0.05) is 0 Å². The van der Waals surface area contributed by atoms with E-state index in [1.54, 1.807) is 0 Å². The van der Waals surface area contributed by atoms with E-state index in [1.165, 1.54) is 0 Å². The Morgan fingerprint density at radius 1 is 1.38 bits per heavy atom. The van der Waals surface area contributed by atoms with Gasteiger partial charge in [-0.3, -0.25) is 0 Å². The first-order chi connectivity index (χ1) is 3.50. The number of hydrogen-bond donors (Lipinski definition) is 0. The summed E-state index contributed by atoms with van der Waals surface area (Å²) in [5, 5.41) is 0. The van der Waals surface area contributed by atoms with Gasteiger partial charge in [0.25, 0.3) is 0 Å². The van der Waals surface area contributed by atoms with Crippen LogP contribution in [0.3, 0.4) is 0 Å². The van der Waals surface area contributed by atoms with E-state index in [4.69, 9.17) is 2.81 Å². The molecule has 0 fully saturated rings. The van der Waals surface area contributed by atoms with Crippen LogP contribution in [0.15, 0.2) is 0 Å². The van der Waals surface area contributed by atoms with Crippen LogP contribution in [0.2, 0.25) is 0 Å². The molecule has 0 N–H and O–H groups in total. The van der Waals surface area contributed by atoms with Gasteiger partial charge in [0.05, 0.1) is 0 Å². The summed E-state index contributed by atoms with van der Waals surface area (Å²) < 4.78 is 5.37. The van der Waals surface area contributed by atoms with E-state index in [2.05, 4.69) is 27.7 Å². The van der Waals surface area contributed by atoms with Gasteiger partial charge in [0.15, 0.2) is 0 Å². The first kappa shape index (κ1) is 8.84. The fourth-order valence-electron chi connectivity index (χ4n) is 0.136. The predicted molar refractivity (Wildman–Crippen MR) is 38.5 cm³/mol. The molecular formula is C6H15BiO. The Labute approximate surface area is 67.3 Å². The van der Waals surface area contributed by atoms with E-state index in [0.717, 1.165) is 0 Å². The van der Waals surface area contributed by atoms with E-state index >= 15 is 0 Å². The molecule has 0 aliphatic heterocycles. The third-order valence-corrected chi connectivity index (χ3v) is 4.06. The van der Waals surface area contributed by atoms with Crippen molar-refractivity contribution in [3.63, 3.8) is 0 Å². The summed E-state index contributed by atoms with van der Waals surface area (Å²) in [7, 11) is 0. The summed E-state index contributed by atoms with van der Waals surface area (Å²) in [6.45, 7) is 8.64. The molecule has 0 spiro atoms. The third kappa shape index (κ3) is 2.41. The van der Waals surface area contributed by atoms with E-state index in [-0.39, 0.29) is 5.60 Å². The van der Waals surface area contributed by atoms with Gasteiger partial charge < -0.3 is 0 Å². The maximum atomic E-state index is 5.37. The average molecular weight is 312 g/mol. The van der Waals surface area contributed by atoms with Gasteiger partial charge in [-0.15, -0.1) is 0 Å². The zero-order valence-corrected chi connectivity index (χ0v) is 10.6. The van der Waals surface area contributed by atoms with Gasteiger partial charge in [0.2, 0.25) is 0 Å². The third-order valence-electron chi connectivity index (χ3n) is 1.69. The summed E-state index contributed by atoms with van der Waals surface area (Å²) in [6, 6.07) is 0. The Bertz CT molecular complexity index is 68.9. The van der Waals surface area contributed by atoms with Gasteiger partial charge in [-0.2, -0.15) is 0 Å². The summed E-state index contributed by atoms with van der Waals surface area (Å²) in [5.41, 5.74) is 0.116. The maximum absolute atomic E-state index is 5.37. The van der Waals surface area contributed by atoms with Crippen LogP contribution in [-0.2, 0) is 2.81 Å². The molecule has 0 unspecified atom stereocenters. The van der Waals surface area contributed by atoms with Gasteiger partial charge in [-0.05, 0) is 0 Å². The molecule has 8 heavy (non-hydrogen) atoms. The molecule has 50 valence electrons. The first-order valence-corrected chi connectivity index (χ1v) is 4.72. The van der Waals surface area contributed by atoms with Crippen molar-refractivity contribution >= 4 is 25.2 Å². The van der Waals surface area contributed by atoms with Gasteiger partial charge in [-0.25, -0.2) is 0 Å².